The fourth-order valence-corrected chi connectivity index (χ4v) is 2.25. The zero-order chi connectivity index (χ0) is 13.4. The quantitative estimate of drug-likeness (QED) is 0.564. The van der Waals surface area contributed by atoms with Gasteiger partial charge in [-0.2, -0.15) is 0 Å². The Bertz CT molecular complexity index is 359. The Morgan fingerprint density at radius 3 is 2.39 bits per heavy atom. The molecule has 0 aliphatic rings. The highest BCUT2D eigenvalue weighted by Crippen LogP contribution is 2.14. The predicted molar refractivity (Wildman–Crippen MR) is 78.1 cm³/mol. The number of hydrogen-bond donors (Lipinski definition) is 0. The number of benzene rings is 1. The van der Waals surface area contributed by atoms with E-state index < -0.39 is 0 Å². The number of alkyl halides is 1. The first kappa shape index (κ1) is 15.2. The second-order valence-electron chi connectivity index (χ2n) is 4.34. The van der Waals surface area contributed by atoms with Gasteiger partial charge in [0.25, 0.3) is 0 Å². The van der Waals surface area contributed by atoms with E-state index in [0.717, 1.165) is 12.0 Å². The minimum Gasteiger partial charge on any atom is -0.465 e. The van der Waals surface area contributed by atoms with Crippen LogP contribution in [0.1, 0.15) is 37.8 Å². The van der Waals surface area contributed by atoms with E-state index in [4.69, 9.17) is 4.74 Å². The number of aryl methyl sites for hydroxylation is 1. The van der Waals surface area contributed by atoms with Crippen molar-refractivity contribution in [1.29, 1.82) is 0 Å². The van der Waals surface area contributed by atoms with Crippen molar-refractivity contribution in [3.8, 4) is 0 Å². The number of halogens is 1. The van der Waals surface area contributed by atoms with Gasteiger partial charge in [0.2, 0.25) is 0 Å². The van der Waals surface area contributed by atoms with Crippen LogP contribution in [-0.4, -0.2) is 17.4 Å². The first-order valence-electron chi connectivity index (χ1n) is 6.55. The van der Waals surface area contributed by atoms with Gasteiger partial charge >= 0.3 is 5.97 Å². The molecule has 0 saturated carbocycles. The zero-order valence-electron chi connectivity index (χ0n) is 11.1. The maximum atomic E-state index is 11.5. The van der Waals surface area contributed by atoms with Crippen LogP contribution in [-0.2, 0) is 22.4 Å². The fourth-order valence-electron chi connectivity index (χ4n) is 1.75. The molecule has 0 fully saturated rings. The smallest absolute Gasteiger partial charge is 0.320 e. The van der Waals surface area contributed by atoms with Crippen molar-refractivity contribution >= 4 is 21.9 Å². The third kappa shape index (κ3) is 5.21. The van der Waals surface area contributed by atoms with E-state index in [9.17, 15) is 4.79 Å². The minimum atomic E-state index is -0.251. The number of rotatable bonds is 7. The average Bonchev–Trinajstić information content (AvgIpc) is 2.38. The molecule has 0 bridgehead atoms. The largest absolute Gasteiger partial charge is 0.465 e. The molecule has 1 atom stereocenters. The molecule has 0 spiro atoms. The first-order chi connectivity index (χ1) is 8.67. The zero-order valence-corrected chi connectivity index (χ0v) is 12.7. The van der Waals surface area contributed by atoms with Crippen molar-refractivity contribution < 1.29 is 9.53 Å². The third-order valence-corrected chi connectivity index (χ3v) is 3.50. The van der Waals surface area contributed by atoms with Crippen molar-refractivity contribution in [3.05, 3.63) is 35.4 Å². The summed E-state index contributed by atoms with van der Waals surface area (Å²) in [6, 6.07) is 8.49. The highest BCUT2D eigenvalue weighted by Gasteiger charge is 2.16. The van der Waals surface area contributed by atoms with Gasteiger partial charge in [-0.1, -0.05) is 53.5 Å². The number of esters is 1. The number of hydrogen-bond acceptors (Lipinski definition) is 2. The van der Waals surface area contributed by atoms with Crippen molar-refractivity contribution in [2.45, 2.75) is 44.4 Å². The van der Waals surface area contributed by atoms with Crippen molar-refractivity contribution in [1.82, 2.24) is 0 Å². The van der Waals surface area contributed by atoms with Crippen LogP contribution in [0.2, 0.25) is 0 Å². The Balaban J connectivity index is 2.50. The van der Waals surface area contributed by atoms with Gasteiger partial charge in [0.05, 0.1) is 6.61 Å². The van der Waals surface area contributed by atoms with Crippen LogP contribution in [0.15, 0.2) is 24.3 Å². The van der Waals surface area contributed by atoms with Gasteiger partial charge in [-0.15, -0.1) is 0 Å². The number of ether oxygens (including phenoxy) is 1. The second-order valence-corrected chi connectivity index (χ2v) is 5.45. The summed E-state index contributed by atoms with van der Waals surface area (Å²) in [5.74, 6) is -0.187. The summed E-state index contributed by atoms with van der Waals surface area (Å²) in [5, 5.41) is 0. The minimum absolute atomic E-state index is 0.187. The normalized spacial score (nSPS) is 12.2. The standard InChI is InChI=1S/C15H21BrO2/c1-3-5-6-12-7-9-13(10-8-12)11-14(16)15(17)18-4-2/h7-10,14H,3-6,11H2,1-2H3. The lowest BCUT2D eigenvalue weighted by molar-refractivity contribution is -0.142. The number of carbonyl (C=O) groups excluding carboxylic acids is 1. The second kappa shape index (κ2) is 8.30. The molecule has 18 heavy (non-hydrogen) atoms. The summed E-state index contributed by atoms with van der Waals surface area (Å²) in [5.41, 5.74) is 2.52. The molecule has 1 aromatic carbocycles. The van der Waals surface area contributed by atoms with Crippen LogP contribution in [0.4, 0.5) is 0 Å². The van der Waals surface area contributed by atoms with Gasteiger partial charge in [-0.3, -0.25) is 4.79 Å². The Morgan fingerprint density at radius 2 is 1.83 bits per heavy atom. The summed E-state index contributed by atoms with van der Waals surface area (Å²) in [4.78, 5) is 11.2. The Morgan fingerprint density at radius 1 is 1.22 bits per heavy atom. The molecule has 0 aliphatic heterocycles. The van der Waals surface area contributed by atoms with Crippen LogP contribution in [0.3, 0.4) is 0 Å². The van der Waals surface area contributed by atoms with Crippen molar-refractivity contribution in [2.24, 2.45) is 0 Å². The molecule has 100 valence electrons. The molecule has 2 nitrogen and oxygen atoms in total. The van der Waals surface area contributed by atoms with E-state index in [-0.39, 0.29) is 10.8 Å². The van der Waals surface area contributed by atoms with Crippen LogP contribution >= 0.6 is 15.9 Å². The SMILES string of the molecule is CCCCc1ccc(CC(Br)C(=O)OCC)cc1. The topological polar surface area (TPSA) is 26.3 Å². The lowest BCUT2D eigenvalue weighted by Crippen LogP contribution is -2.19. The molecule has 0 radical (unpaired) electrons. The van der Waals surface area contributed by atoms with Crippen LogP contribution < -0.4 is 0 Å². The predicted octanol–water partition coefficient (Wildman–Crippen LogP) is 3.90. The Kier molecular flexibility index (Phi) is 7.02. The summed E-state index contributed by atoms with van der Waals surface area (Å²) >= 11 is 3.37. The molecule has 1 rings (SSSR count). The molecule has 0 aliphatic carbocycles. The molecule has 1 unspecified atom stereocenters. The average molecular weight is 313 g/mol. The molecule has 0 aromatic heterocycles. The van der Waals surface area contributed by atoms with Gasteiger partial charge in [-0.25, -0.2) is 0 Å². The van der Waals surface area contributed by atoms with Crippen molar-refractivity contribution in [2.75, 3.05) is 6.61 Å². The van der Waals surface area contributed by atoms with Crippen LogP contribution in [0, 0.1) is 0 Å². The highest BCUT2D eigenvalue weighted by atomic mass is 79.9. The molecular weight excluding hydrogens is 292 g/mol. The maximum absolute atomic E-state index is 11.5. The van der Waals surface area contributed by atoms with E-state index in [1.807, 2.05) is 6.92 Å². The Labute approximate surface area is 118 Å². The van der Waals surface area contributed by atoms with E-state index in [1.54, 1.807) is 0 Å². The van der Waals surface area contributed by atoms with Gasteiger partial charge < -0.3 is 4.74 Å². The third-order valence-electron chi connectivity index (χ3n) is 2.80. The van der Waals surface area contributed by atoms with E-state index >= 15 is 0 Å². The number of unbranched alkanes of at least 4 members (excludes halogenated alkanes) is 1. The van der Waals surface area contributed by atoms with E-state index in [2.05, 4.69) is 47.1 Å². The lowest BCUT2D eigenvalue weighted by Gasteiger charge is -2.09. The van der Waals surface area contributed by atoms with Gasteiger partial charge in [0.1, 0.15) is 4.83 Å². The Hall–Kier alpha value is -0.830. The first-order valence-corrected chi connectivity index (χ1v) is 7.47. The van der Waals surface area contributed by atoms with Crippen LogP contribution in [0.5, 0.6) is 0 Å². The van der Waals surface area contributed by atoms with Crippen LogP contribution in [0.25, 0.3) is 0 Å². The molecule has 3 heteroatoms. The monoisotopic (exact) mass is 312 g/mol. The van der Waals surface area contributed by atoms with Gasteiger partial charge in [-0.05, 0) is 37.3 Å². The molecule has 0 amide bonds. The van der Waals surface area contributed by atoms with Gasteiger partial charge in [0.15, 0.2) is 0 Å². The molecule has 0 heterocycles. The molecular formula is C15H21BrO2. The fraction of sp³-hybridized carbons (Fsp3) is 0.533. The summed E-state index contributed by atoms with van der Waals surface area (Å²) < 4.78 is 4.97. The lowest BCUT2D eigenvalue weighted by atomic mass is 10.0. The van der Waals surface area contributed by atoms with E-state index in [1.165, 1.54) is 18.4 Å². The maximum Gasteiger partial charge on any atom is 0.320 e. The summed E-state index contributed by atoms with van der Waals surface area (Å²) in [6.45, 7) is 4.44. The molecule has 1 aromatic rings. The highest BCUT2D eigenvalue weighted by molar-refractivity contribution is 9.10. The summed E-state index contributed by atoms with van der Waals surface area (Å²) in [6.07, 6.45) is 4.25. The van der Waals surface area contributed by atoms with E-state index in [0.29, 0.717) is 13.0 Å². The van der Waals surface area contributed by atoms with Gasteiger partial charge in [0, 0.05) is 0 Å². The molecule has 0 saturated heterocycles. The van der Waals surface area contributed by atoms with Crippen molar-refractivity contribution in [3.63, 3.8) is 0 Å². The molecule has 0 N–H and O–H groups in total. The summed E-state index contributed by atoms with van der Waals surface area (Å²) in [7, 11) is 0. The number of carbonyl (C=O) groups is 1.